The van der Waals surface area contributed by atoms with E-state index in [4.69, 9.17) is 28.9 Å². The van der Waals surface area contributed by atoms with Crippen LogP contribution in [0.4, 0.5) is 19.2 Å². The summed E-state index contributed by atoms with van der Waals surface area (Å²) in [5, 5.41) is 24.2. The summed E-state index contributed by atoms with van der Waals surface area (Å²) in [7, 11) is 0. The fraction of sp³-hybridized carbons (Fsp3) is 0.556. The van der Waals surface area contributed by atoms with E-state index in [9.17, 15) is 19.2 Å². The summed E-state index contributed by atoms with van der Waals surface area (Å²) in [5.74, 6) is 2.84. The Morgan fingerprint density at radius 3 is 0.562 bits per heavy atom. The van der Waals surface area contributed by atoms with Crippen molar-refractivity contribution in [1.29, 1.82) is 0 Å². The SMILES string of the molecule is CCCCCCCCCCCCNC(=O)NCCCOc1ccc(-c2c3nc(c(-c4ccc(OCCCNC(=O)NCCCCCCCCCCCC)cc4)c4ccc([nH]4)c(-c4ccc(OCCCNC(=O)NCCCCCCCCCCCC)cc4)c4nc(c(-c5ccc(OCCCNC(=O)NCCCCCCCCCCCC)cc5)c5ccc2[nH]5)C=C4)C=C3)cc1. The number of ether oxygens (including phenoxy) is 4. The van der Waals surface area contributed by atoms with Gasteiger partial charge in [0.1, 0.15) is 23.0 Å². The van der Waals surface area contributed by atoms with Gasteiger partial charge in [-0.25, -0.2) is 29.1 Å². The van der Waals surface area contributed by atoms with E-state index in [0.29, 0.717) is 127 Å². The first kappa shape index (κ1) is 102. The van der Waals surface area contributed by atoms with Gasteiger partial charge in [0.2, 0.25) is 0 Å². The van der Waals surface area contributed by atoms with Crippen LogP contribution in [-0.2, 0) is 0 Å². The van der Waals surface area contributed by atoms with E-state index in [-0.39, 0.29) is 24.1 Å². The number of aromatic amines is 2. The molecule has 698 valence electrons. The maximum atomic E-state index is 12.7. The monoisotopic (exact) mass is 1750 g/mol. The molecule has 9 rings (SSSR count). The van der Waals surface area contributed by atoms with Gasteiger partial charge in [0, 0.05) is 96.7 Å². The Labute approximate surface area is 767 Å². The van der Waals surface area contributed by atoms with Gasteiger partial charge in [-0.15, -0.1) is 0 Å². The molecule has 4 aromatic carbocycles. The normalized spacial score (nSPS) is 11.5. The number of carbonyl (C=O) groups excluding carboxylic acids is 4. The Bertz CT molecular complexity index is 3940. The zero-order valence-corrected chi connectivity index (χ0v) is 78.6. The lowest BCUT2D eigenvalue weighted by Gasteiger charge is -2.11. The summed E-state index contributed by atoms with van der Waals surface area (Å²) in [6.45, 7) is 15.4. The van der Waals surface area contributed by atoms with Crippen LogP contribution in [0.15, 0.2) is 121 Å². The van der Waals surface area contributed by atoms with Crippen LogP contribution in [0.25, 0.3) is 90.9 Å². The van der Waals surface area contributed by atoms with E-state index in [1.165, 1.54) is 205 Å². The zero-order valence-electron chi connectivity index (χ0n) is 78.6. The summed E-state index contributed by atoms with van der Waals surface area (Å²) in [6, 6.07) is 40.6. The van der Waals surface area contributed by atoms with E-state index >= 15 is 0 Å². The molecule has 0 unspecified atom stereocenters. The molecule has 3 aromatic heterocycles. The first-order chi connectivity index (χ1) is 63.1. The molecule has 10 N–H and O–H groups in total. The van der Waals surface area contributed by atoms with E-state index in [2.05, 4.69) is 177 Å². The highest BCUT2D eigenvalue weighted by Gasteiger charge is 2.21. The fourth-order valence-electron chi connectivity index (χ4n) is 16.7. The first-order valence-corrected chi connectivity index (χ1v) is 50.3. The number of benzene rings is 4. The molecule has 128 heavy (non-hydrogen) atoms. The van der Waals surface area contributed by atoms with Crippen molar-refractivity contribution >= 4 is 70.5 Å². The maximum Gasteiger partial charge on any atom is 0.314 e. The van der Waals surface area contributed by atoms with Gasteiger partial charge < -0.3 is 71.4 Å². The number of unbranched alkanes of at least 4 members (excludes halogenated alkanes) is 36. The van der Waals surface area contributed by atoms with E-state index in [1.807, 2.05) is 48.5 Å². The quantitative estimate of drug-likeness (QED) is 0.0161. The molecule has 0 spiro atoms. The van der Waals surface area contributed by atoms with Crippen LogP contribution in [0.3, 0.4) is 0 Å². The molecule has 8 amide bonds. The highest BCUT2D eigenvalue weighted by Crippen LogP contribution is 2.40. The van der Waals surface area contributed by atoms with Gasteiger partial charge in [-0.1, -0.05) is 307 Å². The van der Waals surface area contributed by atoms with E-state index < -0.39 is 0 Å². The summed E-state index contributed by atoms with van der Waals surface area (Å²) in [6.07, 6.45) is 61.1. The van der Waals surface area contributed by atoms with Crippen molar-refractivity contribution in [1.82, 2.24) is 62.5 Å². The molecule has 5 heterocycles. The van der Waals surface area contributed by atoms with E-state index in [1.54, 1.807) is 0 Å². The van der Waals surface area contributed by atoms with Crippen LogP contribution >= 0.6 is 0 Å². The lowest BCUT2D eigenvalue weighted by atomic mass is 10.0. The topological polar surface area (TPSA) is 259 Å². The molecular weight excluding hydrogens is 1590 g/mol. The van der Waals surface area contributed by atoms with Gasteiger partial charge in [0.05, 0.1) is 49.2 Å². The number of hydrogen-bond acceptors (Lipinski definition) is 10. The number of amides is 8. The van der Waals surface area contributed by atoms with E-state index in [0.717, 1.165) is 141 Å². The minimum Gasteiger partial charge on any atom is -0.494 e. The lowest BCUT2D eigenvalue weighted by Crippen LogP contribution is -2.36. The predicted molar refractivity (Wildman–Crippen MR) is 534 cm³/mol. The fourth-order valence-corrected chi connectivity index (χ4v) is 16.7. The minimum atomic E-state index is -0.143. The molecule has 2 aliphatic rings. The van der Waals surface area contributed by atoms with Crippen molar-refractivity contribution in [2.75, 3.05) is 78.8 Å². The van der Waals surface area contributed by atoms with Crippen molar-refractivity contribution in [3.63, 3.8) is 0 Å². The minimum absolute atomic E-state index is 0.143. The number of H-pyrrole nitrogens is 2. The number of carbonyl (C=O) groups is 4. The van der Waals surface area contributed by atoms with Gasteiger partial charge >= 0.3 is 24.1 Å². The molecular formula is C108H158N12O8. The van der Waals surface area contributed by atoms with Gasteiger partial charge in [-0.3, -0.25) is 0 Å². The van der Waals surface area contributed by atoms with Crippen LogP contribution in [0.2, 0.25) is 0 Å². The summed E-state index contributed by atoms with van der Waals surface area (Å²) in [4.78, 5) is 70.0. The number of nitrogens with one attached hydrogen (secondary N) is 10. The summed E-state index contributed by atoms with van der Waals surface area (Å²) in [5.41, 5.74) is 13.5. The second kappa shape index (κ2) is 62.9. The number of fused-ring (bicyclic) bond motifs is 8. The van der Waals surface area contributed by atoms with Gasteiger partial charge in [0.25, 0.3) is 0 Å². The lowest BCUT2D eigenvalue weighted by molar-refractivity contribution is 0.238. The van der Waals surface area contributed by atoms with Crippen molar-refractivity contribution < 1.29 is 38.1 Å². The standard InChI is InChI=1S/C108H158N12O8/c1-5-9-13-17-21-25-29-33-37-41-73-109-105(121)113-77-45-81-125-89-57-49-85(50-58-89)101-93-65-67-95(117-93)102(86-51-59-90(60-52-86)126-82-46-78-114-106(122)110-74-42-38-34-30-26-22-18-14-10-6-2)97-69-71-99(119-97)104(88-55-63-92(64-56-88)128-84-48-80-116-108(124)112-76-44-40-36-32-28-24-20-16-12-8-4)100-72-70-98(120-100)103(96-68-66-94(101)118-96)87-53-61-91(62-54-87)127-83-47-79-115-107(123)111-75-43-39-35-31-27-23-19-15-11-7-3/h49-72,117,120H,5-48,73-84H2,1-4H3,(H2,109,113,121)(H2,110,114,122)(H2,111,115,123)(H2,112,116,124). The predicted octanol–water partition coefficient (Wildman–Crippen LogP) is 27.3. The molecule has 20 nitrogen and oxygen atoms in total. The molecule has 0 aliphatic carbocycles. The van der Waals surface area contributed by atoms with Crippen molar-refractivity contribution in [3.05, 3.63) is 144 Å². The Morgan fingerprint density at radius 1 is 0.219 bits per heavy atom. The molecule has 7 aromatic rings. The van der Waals surface area contributed by atoms with Crippen LogP contribution < -0.4 is 61.5 Å². The molecule has 0 fully saturated rings. The maximum absolute atomic E-state index is 12.7. The first-order valence-electron chi connectivity index (χ1n) is 50.3. The Balaban J connectivity index is 0.951. The highest BCUT2D eigenvalue weighted by atomic mass is 16.5. The number of hydrogen-bond donors (Lipinski definition) is 10. The zero-order chi connectivity index (χ0) is 89.7. The molecule has 0 atom stereocenters. The third kappa shape index (κ3) is 39.0. The van der Waals surface area contributed by atoms with Gasteiger partial charge in [0.15, 0.2) is 0 Å². The summed E-state index contributed by atoms with van der Waals surface area (Å²) < 4.78 is 25.4. The molecule has 8 bridgehead atoms. The third-order valence-electron chi connectivity index (χ3n) is 24.1. The molecule has 0 saturated carbocycles. The molecule has 0 radical (unpaired) electrons. The Kier molecular flexibility index (Phi) is 49.9. The molecule has 20 heteroatoms. The molecule has 0 saturated heterocycles. The van der Waals surface area contributed by atoms with Crippen molar-refractivity contribution in [3.8, 4) is 67.5 Å². The van der Waals surface area contributed by atoms with Crippen LogP contribution in [-0.4, -0.2) is 123 Å². The van der Waals surface area contributed by atoms with Crippen LogP contribution in [0, 0.1) is 0 Å². The highest BCUT2D eigenvalue weighted by molar-refractivity contribution is 6.00. The largest absolute Gasteiger partial charge is 0.494 e. The second-order valence-corrected chi connectivity index (χ2v) is 34.9. The summed E-state index contributed by atoms with van der Waals surface area (Å²) >= 11 is 0. The smallest absolute Gasteiger partial charge is 0.314 e. The van der Waals surface area contributed by atoms with Crippen LogP contribution in [0.5, 0.6) is 23.0 Å². The molecule has 2 aliphatic heterocycles. The number of nitrogens with zero attached hydrogens (tertiary/aromatic N) is 2. The number of urea groups is 4. The third-order valence-corrected chi connectivity index (χ3v) is 24.1. The Hall–Kier alpha value is -10.2. The van der Waals surface area contributed by atoms with Crippen molar-refractivity contribution in [2.45, 2.75) is 310 Å². The Morgan fingerprint density at radius 2 is 0.383 bits per heavy atom. The number of aromatic nitrogens is 4. The van der Waals surface area contributed by atoms with Gasteiger partial charge in [-0.05, 0) is 171 Å². The second-order valence-electron chi connectivity index (χ2n) is 34.9. The van der Waals surface area contributed by atoms with Gasteiger partial charge in [-0.2, -0.15) is 0 Å². The average molecular weight is 1750 g/mol. The average Bonchev–Trinajstić information content (AvgIpc) is 1.61. The number of rotatable bonds is 68. The van der Waals surface area contributed by atoms with Crippen molar-refractivity contribution in [2.24, 2.45) is 0 Å². The van der Waals surface area contributed by atoms with Crippen LogP contribution in [0.1, 0.15) is 333 Å².